The van der Waals surface area contributed by atoms with Crippen molar-refractivity contribution >= 4 is 13.3 Å². The predicted molar refractivity (Wildman–Crippen MR) is 60.9 cm³/mol. The first-order valence-corrected chi connectivity index (χ1v) is 6.10. The van der Waals surface area contributed by atoms with Gasteiger partial charge in [0.25, 0.3) is 0 Å². The molecule has 1 unspecified atom stereocenters. The number of hydrogen-bond donors (Lipinski definition) is 2. The third-order valence-corrected chi connectivity index (χ3v) is 3.36. The molecule has 0 aliphatic heterocycles. The summed E-state index contributed by atoms with van der Waals surface area (Å²) in [5.41, 5.74) is 0.741. The van der Waals surface area contributed by atoms with Gasteiger partial charge in [0, 0.05) is 12.7 Å². The largest absolute Gasteiger partial charge is 0.357 e. The summed E-state index contributed by atoms with van der Waals surface area (Å²) in [6.07, 6.45) is 1.26. The molecule has 0 saturated carbocycles. The van der Waals surface area contributed by atoms with Gasteiger partial charge in [0.05, 0.1) is 0 Å². The Kier molecular flexibility index (Phi) is 3.69. The number of anilines is 1. The summed E-state index contributed by atoms with van der Waals surface area (Å²) in [5.74, 6) is -0.986. The SMILES string of the molecule is C=CC(N(C)c1ccccc1)P(=O)(O)O. The Morgan fingerprint density at radius 3 is 2.33 bits per heavy atom. The Bertz CT molecular complexity index is 374. The van der Waals surface area contributed by atoms with Gasteiger partial charge in [0.15, 0.2) is 0 Å². The fourth-order valence-electron chi connectivity index (χ4n) is 1.34. The summed E-state index contributed by atoms with van der Waals surface area (Å²) in [6.45, 7) is 3.44. The highest BCUT2D eigenvalue weighted by atomic mass is 31.2. The van der Waals surface area contributed by atoms with E-state index in [0.717, 1.165) is 5.69 Å². The Morgan fingerprint density at radius 1 is 1.40 bits per heavy atom. The first kappa shape index (κ1) is 12.0. The second-order valence-electron chi connectivity index (χ2n) is 3.18. The zero-order chi connectivity index (χ0) is 11.5. The first-order valence-electron chi connectivity index (χ1n) is 4.42. The highest BCUT2D eigenvalue weighted by molar-refractivity contribution is 7.53. The van der Waals surface area contributed by atoms with E-state index in [1.54, 1.807) is 19.2 Å². The van der Waals surface area contributed by atoms with Crippen LogP contribution in [0.2, 0.25) is 0 Å². The van der Waals surface area contributed by atoms with E-state index in [4.69, 9.17) is 9.79 Å². The Labute approximate surface area is 89.0 Å². The second kappa shape index (κ2) is 4.62. The van der Waals surface area contributed by atoms with Crippen molar-refractivity contribution in [2.45, 2.75) is 5.78 Å². The minimum atomic E-state index is -4.19. The van der Waals surface area contributed by atoms with E-state index in [1.807, 2.05) is 18.2 Å². The molecule has 0 spiro atoms. The number of rotatable bonds is 4. The molecule has 4 nitrogen and oxygen atoms in total. The van der Waals surface area contributed by atoms with Crippen molar-refractivity contribution in [2.75, 3.05) is 11.9 Å². The van der Waals surface area contributed by atoms with Crippen molar-refractivity contribution < 1.29 is 14.4 Å². The molecule has 0 fully saturated rings. The average Bonchev–Trinajstić information content (AvgIpc) is 2.18. The molecule has 0 heterocycles. The predicted octanol–water partition coefficient (Wildman–Crippen LogP) is 1.81. The fourth-order valence-corrected chi connectivity index (χ4v) is 2.20. The summed E-state index contributed by atoms with van der Waals surface area (Å²) in [5, 5.41) is 0. The van der Waals surface area contributed by atoms with Crippen molar-refractivity contribution in [2.24, 2.45) is 0 Å². The van der Waals surface area contributed by atoms with Crippen LogP contribution in [0.5, 0.6) is 0 Å². The molecule has 1 aromatic carbocycles. The smallest absolute Gasteiger partial charge is 0.351 e. The summed E-state index contributed by atoms with van der Waals surface area (Å²) in [4.78, 5) is 19.7. The second-order valence-corrected chi connectivity index (χ2v) is 4.89. The van der Waals surface area contributed by atoms with Gasteiger partial charge in [-0.15, -0.1) is 6.58 Å². The molecular weight excluding hydrogens is 213 g/mol. The van der Waals surface area contributed by atoms with E-state index < -0.39 is 13.4 Å². The van der Waals surface area contributed by atoms with Gasteiger partial charge >= 0.3 is 7.60 Å². The maximum Gasteiger partial charge on any atom is 0.351 e. The van der Waals surface area contributed by atoms with E-state index in [0.29, 0.717) is 0 Å². The van der Waals surface area contributed by atoms with Crippen LogP contribution in [0.25, 0.3) is 0 Å². The molecule has 15 heavy (non-hydrogen) atoms. The van der Waals surface area contributed by atoms with Gasteiger partial charge in [-0.05, 0) is 12.1 Å². The summed E-state index contributed by atoms with van der Waals surface area (Å²) >= 11 is 0. The van der Waals surface area contributed by atoms with Gasteiger partial charge in [-0.2, -0.15) is 0 Å². The van der Waals surface area contributed by atoms with E-state index in [-0.39, 0.29) is 0 Å². The molecule has 1 rings (SSSR count). The minimum absolute atomic E-state index is 0.741. The minimum Gasteiger partial charge on any atom is -0.357 e. The molecule has 5 heteroatoms. The van der Waals surface area contributed by atoms with Crippen molar-refractivity contribution in [3.8, 4) is 0 Å². The maximum absolute atomic E-state index is 11.2. The van der Waals surface area contributed by atoms with Gasteiger partial charge in [0.2, 0.25) is 0 Å². The maximum atomic E-state index is 11.2. The van der Waals surface area contributed by atoms with Gasteiger partial charge in [0.1, 0.15) is 5.78 Å². The van der Waals surface area contributed by atoms with Crippen LogP contribution in [0, 0.1) is 0 Å². The third-order valence-electron chi connectivity index (χ3n) is 2.12. The molecule has 0 aliphatic rings. The lowest BCUT2D eigenvalue weighted by Crippen LogP contribution is -2.29. The summed E-state index contributed by atoms with van der Waals surface area (Å²) in [6, 6.07) is 9.04. The Morgan fingerprint density at radius 2 is 1.93 bits per heavy atom. The van der Waals surface area contributed by atoms with Gasteiger partial charge in [-0.3, -0.25) is 4.57 Å². The van der Waals surface area contributed by atoms with E-state index in [9.17, 15) is 4.57 Å². The van der Waals surface area contributed by atoms with Gasteiger partial charge in [-0.25, -0.2) is 0 Å². The van der Waals surface area contributed by atoms with E-state index in [1.165, 1.54) is 11.0 Å². The molecule has 1 aromatic rings. The highest BCUT2D eigenvalue weighted by Gasteiger charge is 2.29. The molecule has 0 saturated heterocycles. The fraction of sp³-hybridized carbons (Fsp3) is 0.200. The highest BCUT2D eigenvalue weighted by Crippen LogP contribution is 2.44. The Balaban J connectivity index is 2.98. The van der Waals surface area contributed by atoms with Gasteiger partial charge in [-0.1, -0.05) is 24.3 Å². The third kappa shape index (κ3) is 2.93. The zero-order valence-electron chi connectivity index (χ0n) is 8.45. The molecule has 0 aliphatic carbocycles. The number of nitrogens with zero attached hydrogens (tertiary/aromatic N) is 1. The van der Waals surface area contributed by atoms with Gasteiger partial charge < -0.3 is 14.7 Å². The van der Waals surface area contributed by atoms with E-state index >= 15 is 0 Å². The van der Waals surface area contributed by atoms with Crippen molar-refractivity contribution in [3.05, 3.63) is 43.0 Å². The molecule has 0 aromatic heterocycles. The van der Waals surface area contributed by atoms with Crippen molar-refractivity contribution in [1.82, 2.24) is 0 Å². The number of hydrogen-bond acceptors (Lipinski definition) is 2. The molecule has 0 radical (unpaired) electrons. The number of benzene rings is 1. The standard InChI is InChI=1S/C10H14NO3P/c1-3-10(15(12,13)14)11(2)9-7-5-4-6-8-9/h3-8,10H,1H2,2H3,(H2,12,13,14). The van der Waals surface area contributed by atoms with Crippen molar-refractivity contribution in [1.29, 1.82) is 0 Å². The van der Waals surface area contributed by atoms with E-state index in [2.05, 4.69) is 6.58 Å². The zero-order valence-corrected chi connectivity index (χ0v) is 9.34. The first-order chi connectivity index (χ1) is 6.96. The van der Waals surface area contributed by atoms with Crippen LogP contribution in [0.3, 0.4) is 0 Å². The van der Waals surface area contributed by atoms with Crippen LogP contribution < -0.4 is 4.90 Å². The number of para-hydroxylation sites is 1. The quantitative estimate of drug-likeness (QED) is 0.608. The normalized spacial score (nSPS) is 13.3. The van der Waals surface area contributed by atoms with Crippen LogP contribution in [-0.4, -0.2) is 22.6 Å². The lowest BCUT2D eigenvalue weighted by Gasteiger charge is -2.27. The lowest BCUT2D eigenvalue weighted by atomic mass is 10.3. The summed E-state index contributed by atoms with van der Waals surface area (Å²) < 4.78 is 11.2. The molecule has 0 bridgehead atoms. The average molecular weight is 227 g/mol. The van der Waals surface area contributed by atoms with Crippen molar-refractivity contribution in [3.63, 3.8) is 0 Å². The molecule has 0 amide bonds. The van der Waals surface area contributed by atoms with Crippen LogP contribution in [0.1, 0.15) is 0 Å². The molecular formula is C10H14NO3P. The molecule has 2 N–H and O–H groups in total. The molecule has 82 valence electrons. The lowest BCUT2D eigenvalue weighted by molar-refractivity contribution is 0.364. The van der Waals surface area contributed by atoms with Crippen LogP contribution >= 0.6 is 7.60 Å². The van der Waals surface area contributed by atoms with Crippen LogP contribution in [0.15, 0.2) is 43.0 Å². The van der Waals surface area contributed by atoms with Crippen LogP contribution in [0.4, 0.5) is 5.69 Å². The number of likely N-dealkylation sites (N-methyl/N-ethyl adjacent to an activating group) is 1. The topological polar surface area (TPSA) is 60.8 Å². The molecule has 1 atom stereocenters. The summed E-state index contributed by atoms with van der Waals surface area (Å²) in [7, 11) is -2.56. The Hall–Kier alpha value is -1.09. The monoisotopic (exact) mass is 227 g/mol. The van der Waals surface area contributed by atoms with Crippen LogP contribution in [-0.2, 0) is 4.57 Å².